The Labute approximate surface area is 148 Å². The van der Waals surface area contributed by atoms with Gasteiger partial charge in [0.2, 0.25) is 5.91 Å². The van der Waals surface area contributed by atoms with Gasteiger partial charge in [0.15, 0.2) is 5.13 Å². The highest BCUT2D eigenvalue weighted by molar-refractivity contribution is 7.15. The fraction of sp³-hybridized carbons (Fsp3) is 0.438. The van der Waals surface area contributed by atoms with Crippen LogP contribution in [0.4, 0.5) is 5.13 Å². The van der Waals surface area contributed by atoms with E-state index in [0.29, 0.717) is 22.5 Å². The molecule has 0 radical (unpaired) electrons. The van der Waals surface area contributed by atoms with Crippen LogP contribution in [0.5, 0.6) is 0 Å². The summed E-state index contributed by atoms with van der Waals surface area (Å²) in [6, 6.07) is 3.59. The molecule has 0 aromatic carbocycles. The van der Waals surface area contributed by atoms with Crippen molar-refractivity contribution in [1.82, 2.24) is 15.6 Å². The van der Waals surface area contributed by atoms with Crippen LogP contribution in [0, 0.1) is 0 Å². The zero-order chi connectivity index (χ0) is 16.8. The lowest BCUT2D eigenvalue weighted by atomic mass is 9.97. The molecule has 0 unspecified atom stereocenters. The number of thiophene rings is 1. The standard InChI is InChI=1S/C16H20N4O2S2/c21-14(5-8-18-15(22)12-2-1-9-23-12)20-16-19-10-13(24-16)11-3-6-17-7-4-11/h1-2,9-11,17H,3-8H2,(H,18,22)(H,19,20,21). The van der Waals surface area contributed by atoms with Crippen molar-refractivity contribution in [3.05, 3.63) is 33.5 Å². The van der Waals surface area contributed by atoms with Gasteiger partial charge in [-0.1, -0.05) is 6.07 Å². The van der Waals surface area contributed by atoms with Gasteiger partial charge in [-0.05, 0) is 43.3 Å². The van der Waals surface area contributed by atoms with Gasteiger partial charge in [0.05, 0.1) is 4.88 Å². The van der Waals surface area contributed by atoms with Crippen molar-refractivity contribution < 1.29 is 9.59 Å². The first-order valence-corrected chi connectivity index (χ1v) is 9.70. The van der Waals surface area contributed by atoms with E-state index in [4.69, 9.17) is 0 Å². The Bertz CT molecular complexity index is 678. The highest BCUT2D eigenvalue weighted by atomic mass is 32.1. The van der Waals surface area contributed by atoms with Crippen LogP contribution in [0.15, 0.2) is 23.7 Å². The fourth-order valence-electron chi connectivity index (χ4n) is 2.61. The highest BCUT2D eigenvalue weighted by Crippen LogP contribution is 2.31. The Morgan fingerprint density at radius 3 is 2.92 bits per heavy atom. The topological polar surface area (TPSA) is 83.1 Å². The zero-order valence-electron chi connectivity index (χ0n) is 13.2. The van der Waals surface area contributed by atoms with E-state index in [9.17, 15) is 9.59 Å². The van der Waals surface area contributed by atoms with Gasteiger partial charge in [-0.25, -0.2) is 4.98 Å². The Balaban J connectivity index is 1.42. The van der Waals surface area contributed by atoms with Crippen molar-refractivity contribution in [2.75, 3.05) is 25.0 Å². The molecule has 128 valence electrons. The molecule has 6 nitrogen and oxygen atoms in total. The Hall–Kier alpha value is -1.77. The molecule has 0 saturated carbocycles. The number of nitrogens with one attached hydrogen (secondary N) is 3. The molecule has 1 fully saturated rings. The van der Waals surface area contributed by atoms with E-state index in [2.05, 4.69) is 20.9 Å². The second-order valence-corrected chi connectivity index (χ2v) is 7.63. The van der Waals surface area contributed by atoms with E-state index in [1.807, 2.05) is 17.6 Å². The number of amides is 2. The quantitative estimate of drug-likeness (QED) is 0.735. The van der Waals surface area contributed by atoms with Gasteiger partial charge in [-0.2, -0.15) is 0 Å². The minimum Gasteiger partial charge on any atom is -0.351 e. The molecule has 24 heavy (non-hydrogen) atoms. The molecule has 2 aromatic heterocycles. The second kappa shape index (κ2) is 8.36. The average Bonchev–Trinajstić information content (AvgIpc) is 3.27. The number of rotatable bonds is 6. The summed E-state index contributed by atoms with van der Waals surface area (Å²) >= 11 is 2.93. The summed E-state index contributed by atoms with van der Waals surface area (Å²) in [7, 11) is 0. The van der Waals surface area contributed by atoms with E-state index in [1.165, 1.54) is 16.2 Å². The lowest BCUT2D eigenvalue weighted by Gasteiger charge is -2.20. The van der Waals surface area contributed by atoms with Gasteiger partial charge < -0.3 is 16.0 Å². The first-order valence-electron chi connectivity index (χ1n) is 8.00. The van der Waals surface area contributed by atoms with Crippen LogP contribution < -0.4 is 16.0 Å². The predicted molar refractivity (Wildman–Crippen MR) is 96.9 cm³/mol. The lowest BCUT2D eigenvalue weighted by Crippen LogP contribution is -2.27. The monoisotopic (exact) mass is 364 g/mol. The number of carbonyl (C=O) groups excluding carboxylic acids is 2. The zero-order valence-corrected chi connectivity index (χ0v) is 14.8. The molecular weight excluding hydrogens is 344 g/mol. The lowest BCUT2D eigenvalue weighted by molar-refractivity contribution is -0.116. The molecule has 2 amide bonds. The molecule has 1 aliphatic heterocycles. The van der Waals surface area contributed by atoms with Gasteiger partial charge in [0.25, 0.3) is 5.91 Å². The molecule has 8 heteroatoms. The summed E-state index contributed by atoms with van der Waals surface area (Å²) in [5.74, 6) is 0.271. The van der Waals surface area contributed by atoms with Crippen LogP contribution in [0.3, 0.4) is 0 Å². The van der Waals surface area contributed by atoms with Crippen LogP contribution in [0.1, 0.15) is 39.7 Å². The molecule has 0 atom stereocenters. The van der Waals surface area contributed by atoms with Crippen LogP contribution in [-0.2, 0) is 4.79 Å². The Kier molecular flexibility index (Phi) is 5.95. The summed E-state index contributed by atoms with van der Waals surface area (Å²) in [5.41, 5.74) is 0. The van der Waals surface area contributed by atoms with Crippen molar-refractivity contribution in [1.29, 1.82) is 0 Å². The maximum Gasteiger partial charge on any atom is 0.261 e. The molecule has 3 N–H and O–H groups in total. The smallest absolute Gasteiger partial charge is 0.261 e. The normalized spacial score (nSPS) is 15.2. The summed E-state index contributed by atoms with van der Waals surface area (Å²) in [4.78, 5) is 29.9. The van der Waals surface area contributed by atoms with Crippen molar-refractivity contribution in [2.45, 2.75) is 25.2 Å². The van der Waals surface area contributed by atoms with Gasteiger partial charge in [0.1, 0.15) is 0 Å². The van der Waals surface area contributed by atoms with Crippen molar-refractivity contribution >= 4 is 39.6 Å². The van der Waals surface area contributed by atoms with Crippen molar-refractivity contribution in [3.63, 3.8) is 0 Å². The number of nitrogens with zero attached hydrogens (tertiary/aromatic N) is 1. The van der Waals surface area contributed by atoms with Gasteiger partial charge in [0, 0.05) is 24.0 Å². The van der Waals surface area contributed by atoms with Crippen LogP contribution in [-0.4, -0.2) is 36.4 Å². The van der Waals surface area contributed by atoms with Crippen LogP contribution >= 0.6 is 22.7 Å². The number of piperidine rings is 1. The maximum atomic E-state index is 12.0. The van der Waals surface area contributed by atoms with Crippen molar-refractivity contribution in [2.24, 2.45) is 0 Å². The summed E-state index contributed by atoms with van der Waals surface area (Å²) in [6.07, 6.45) is 4.34. The van der Waals surface area contributed by atoms with E-state index >= 15 is 0 Å². The third-order valence-corrected chi connectivity index (χ3v) is 5.84. The van der Waals surface area contributed by atoms with E-state index in [1.54, 1.807) is 17.4 Å². The molecule has 3 rings (SSSR count). The minimum atomic E-state index is -0.139. The van der Waals surface area contributed by atoms with Gasteiger partial charge >= 0.3 is 0 Å². The van der Waals surface area contributed by atoms with Crippen molar-refractivity contribution in [3.8, 4) is 0 Å². The summed E-state index contributed by atoms with van der Waals surface area (Å²) < 4.78 is 0. The number of thiazole rings is 1. The number of anilines is 1. The SMILES string of the molecule is O=C(CCNC(=O)c1cccs1)Nc1ncc(C2CCNCC2)s1. The predicted octanol–water partition coefficient (Wildman–Crippen LogP) is 2.43. The molecule has 2 aromatic rings. The minimum absolute atomic E-state index is 0.132. The summed E-state index contributed by atoms with van der Waals surface area (Å²) in [6.45, 7) is 2.39. The van der Waals surface area contributed by atoms with Crippen LogP contribution in [0.2, 0.25) is 0 Å². The number of carbonyl (C=O) groups is 2. The molecule has 0 bridgehead atoms. The molecule has 1 saturated heterocycles. The number of hydrogen-bond donors (Lipinski definition) is 3. The maximum absolute atomic E-state index is 12.0. The third-order valence-electron chi connectivity index (χ3n) is 3.89. The molecule has 3 heterocycles. The highest BCUT2D eigenvalue weighted by Gasteiger charge is 2.18. The Morgan fingerprint density at radius 1 is 1.33 bits per heavy atom. The fourth-order valence-corrected chi connectivity index (χ4v) is 4.25. The third kappa shape index (κ3) is 4.62. The van der Waals surface area contributed by atoms with Gasteiger partial charge in [-0.15, -0.1) is 22.7 Å². The first-order chi connectivity index (χ1) is 11.7. The average molecular weight is 364 g/mol. The molecular formula is C16H20N4O2S2. The largest absolute Gasteiger partial charge is 0.351 e. The van der Waals surface area contributed by atoms with E-state index < -0.39 is 0 Å². The molecule has 0 aliphatic carbocycles. The second-order valence-electron chi connectivity index (χ2n) is 5.62. The molecule has 0 spiro atoms. The first kappa shape index (κ1) is 17.1. The van der Waals surface area contributed by atoms with Gasteiger partial charge in [-0.3, -0.25) is 9.59 Å². The number of hydrogen-bond acceptors (Lipinski definition) is 6. The summed E-state index contributed by atoms with van der Waals surface area (Å²) in [5, 5.41) is 11.4. The Morgan fingerprint density at radius 2 is 2.17 bits per heavy atom. The van der Waals surface area contributed by atoms with E-state index in [0.717, 1.165) is 25.9 Å². The molecule has 1 aliphatic rings. The number of aromatic nitrogens is 1. The van der Waals surface area contributed by atoms with E-state index in [-0.39, 0.29) is 18.2 Å². The van der Waals surface area contributed by atoms with Crippen LogP contribution in [0.25, 0.3) is 0 Å².